The molecule has 0 atom stereocenters. The third-order valence-corrected chi connectivity index (χ3v) is 19.5. The molecule has 0 aliphatic carbocycles. The standard InChI is InChI=1S/C66H45N3Si/c1-5-20-46(21-6-1)47-36-40-64-59(42-47)58-39-37-50(68-61-33-16-13-30-55(61)56-31-14-17-34-62(56)68)45-66(58)69(64)49-38-41-65-60(44-49)57-32-15-18-35-63(57)67(65)48-22-19-29-54(43-48)70(51-23-7-2-8-24-51,52-25-9-3-10-26-52)53-27-11-4-12-28-53/h1-45H. The number of nitrogens with zero attached hydrogens (tertiary/aromatic N) is 3. The lowest BCUT2D eigenvalue weighted by molar-refractivity contribution is 1.15. The summed E-state index contributed by atoms with van der Waals surface area (Å²) in [6.07, 6.45) is 0. The summed E-state index contributed by atoms with van der Waals surface area (Å²) in [7, 11) is -2.78. The largest absolute Gasteiger partial charge is 0.309 e. The normalized spacial score (nSPS) is 12.0. The Kier molecular flexibility index (Phi) is 9.23. The zero-order chi connectivity index (χ0) is 46.2. The van der Waals surface area contributed by atoms with Gasteiger partial charge in [0.15, 0.2) is 8.07 Å². The van der Waals surface area contributed by atoms with E-state index in [0.29, 0.717) is 0 Å². The Balaban J connectivity index is 1.00. The molecule has 0 amide bonds. The van der Waals surface area contributed by atoms with Crippen LogP contribution in [0.5, 0.6) is 0 Å². The maximum absolute atomic E-state index is 2.78. The third kappa shape index (κ3) is 6.07. The maximum Gasteiger partial charge on any atom is 0.179 e. The molecule has 0 fully saturated rings. The molecule has 0 saturated heterocycles. The second-order valence-corrected chi connectivity index (χ2v) is 22.3. The Morgan fingerprint density at radius 2 is 0.586 bits per heavy atom. The molecule has 0 radical (unpaired) electrons. The van der Waals surface area contributed by atoms with Crippen molar-refractivity contribution in [2.45, 2.75) is 0 Å². The summed E-state index contributed by atoms with van der Waals surface area (Å²) in [6.45, 7) is 0. The lowest BCUT2D eigenvalue weighted by Crippen LogP contribution is -2.74. The van der Waals surface area contributed by atoms with Gasteiger partial charge in [0.25, 0.3) is 0 Å². The highest BCUT2D eigenvalue weighted by atomic mass is 28.3. The van der Waals surface area contributed by atoms with Gasteiger partial charge >= 0.3 is 0 Å². The van der Waals surface area contributed by atoms with Crippen molar-refractivity contribution < 1.29 is 0 Å². The molecule has 3 heterocycles. The Morgan fingerprint density at radius 3 is 1.16 bits per heavy atom. The van der Waals surface area contributed by atoms with Crippen molar-refractivity contribution in [3.05, 3.63) is 273 Å². The molecule has 0 bridgehead atoms. The summed E-state index contributed by atoms with van der Waals surface area (Å²) in [5.74, 6) is 0. The molecule has 3 nitrogen and oxygen atoms in total. The molecular formula is C66H45N3Si. The number of hydrogen-bond donors (Lipinski definition) is 0. The van der Waals surface area contributed by atoms with Gasteiger partial charge in [-0.05, 0) is 105 Å². The van der Waals surface area contributed by atoms with E-state index in [1.54, 1.807) is 0 Å². The molecular weight excluding hydrogens is 863 g/mol. The van der Waals surface area contributed by atoms with Crippen LogP contribution in [0.2, 0.25) is 0 Å². The van der Waals surface area contributed by atoms with Crippen LogP contribution >= 0.6 is 0 Å². The Hall–Kier alpha value is -8.96. The lowest BCUT2D eigenvalue weighted by Gasteiger charge is -2.34. The molecule has 0 aliphatic heterocycles. The minimum Gasteiger partial charge on any atom is -0.309 e. The van der Waals surface area contributed by atoms with Crippen molar-refractivity contribution >= 4 is 94.2 Å². The van der Waals surface area contributed by atoms with E-state index in [2.05, 4.69) is 287 Å². The molecule has 0 N–H and O–H groups in total. The van der Waals surface area contributed by atoms with Crippen LogP contribution in [0.15, 0.2) is 273 Å². The van der Waals surface area contributed by atoms with Crippen LogP contribution in [0.1, 0.15) is 0 Å². The Morgan fingerprint density at radius 1 is 0.200 bits per heavy atom. The van der Waals surface area contributed by atoms with Crippen LogP contribution in [0.3, 0.4) is 0 Å². The van der Waals surface area contributed by atoms with Crippen LogP contribution < -0.4 is 20.7 Å². The first kappa shape index (κ1) is 40.1. The lowest BCUT2D eigenvalue weighted by atomic mass is 10.0. The second-order valence-electron chi connectivity index (χ2n) is 18.5. The van der Waals surface area contributed by atoms with Crippen LogP contribution in [-0.2, 0) is 0 Å². The molecule has 3 aromatic heterocycles. The number of hydrogen-bond acceptors (Lipinski definition) is 0. The highest BCUT2D eigenvalue weighted by Gasteiger charge is 2.41. The van der Waals surface area contributed by atoms with Gasteiger partial charge in [-0.3, -0.25) is 0 Å². The first-order valence-electron chi connectivity index (χ1n) is 24.2. The molecule has 4 heteroatoms. The monoisotopic (exact) mass is 907 g/mol. The molecule has 0 aliphatic rings. The second kappa shape index (κ2) is 16.1. The Bertz CT molecular complexity index is 4130. The molecule has 14 rings (SSSR count). The number of benzene rings is 11. The summed E-state index contributed by atoms with van der Waals surface area (Å²) in [6, 6.07) is 101. The van der Waals surface area contributed by atoms with E-state index in [-0.39, 0.29) is 0 Å². The van der Waals surface area contributed by atoms with Gasteiger partial charge in [-0.2, -0.15) is 0 Å². The fraction of sp³-hybridized carbons (Fsp3) is 0. The first-order valence-corrected chi connectivity index (χ1v) is 26.2. The van der Waals surface area contributed by atoms with Gasteiger partial charge < -0.3 is 13.7 Å². The van der Waals surface area contributed by atoms with Crippen molar-refractivity contribution in [2.75, 3.05) is 0 Å². The number of fused-ring (bicyclic) bond motifs is 9. The summed E-state index contributed by atoms with van der Waals surface area (Å²) in [4.78, 5) is 0. The molecule has 328 valence electrons. The fourth-order valence-corrected chi connectivity index (χ4v) is 16.5. The predicted octanol–water partition coefficient (Wildman–Crippen LogP) is 14.0. The van der Waals surface area contributed by atoms with Crippen LogP contribution in [0, 0.1) is 0 Å². The van der Waals surface area contributed by atoms with Gasteiger partial charge in [-0.25, -0.2) is 0 Å². The fourth-order valence-electron chi connectivity index (χ4n) is 11.8. The first-order chi connectivity index (χ1) is 34.7. The quantitative estimate of drug-likeness (QED) is 0.107. The van der Waals surface area contributed by atoms with Gasteiger partial charge in [0, 0.05) is 49.4 Å². The van der Waals surface area contributed by atoms with Crippen molar-refractivity contribution in [3.8, 4) is 28.2 Å². The van der Waals surface area contributed by atoms with Gasteiger partial charge in [0.05, 0.1) is 33.1 Å². The van der Waals surface area contributed by atoms with Gasteiger partial charge in [-0.15, -0.1) is 0 Å². The highest BCUT2D eigenvalue weighted by Crippen LogP contribution is 2.40. The number of para-hydroxylation sites is 3. The molecule has 0 saturated carbocycles. The van der Waals surface area contributed by atoms with E-state index >= 15 is 0 Å². The Labute approximate surface area is 407 Å². The average molecular weight is 908 g/mol. The smallest absolute Gasteiger partial charge is 0.179 e. The maximum atomic E-state index is 2.49. The van der Waals surface area contributed by atoms with Gasteiger partial charge in [0.1, 0.15) is 0 Å². The number of aromatic nitrogens is 3. The molecule has 11 aromatic carbocycles. The minimum absolute atomic E-state index is 1.12. The van der Waals surface area contributed by atoms with E-state index < -0.39 is 8.07 Å². The van der Waals surface area contributed by atoms with Crippen LogP contribution in [0.25, 0.3) is 93.6 Å². The number of rotatable bonds is 8. The SMILES string of the molecule is c1ccc(-c2ccc3c(c2)c2ccc(-n4c5ccccc5c5ccccc54)cc2n3-c2ccc3c(c2)c2ccccc2n3-c2cccc([Si](c3ccccc3)(c3ccccc3)c3ccccc3)c2)cc1. The molecule has 0 spiro atoms. The van der Waals surface area contributed by atoms with E-state index in [1.807, 2.05) is 0 Å². The van der Waals surface area contributed by atoms with Gasteiger partial charge in [0.2, 0.25) is 0 Å². The van der Waals surface area contributed by atoms with Crippen molar-refractivity contribution in [3.63, 3.8) is 0 Å². The molecule has 14 aromatic rings. The van der Waals surface area contributed by atoms with Crippen molar-refractivity contribution in [1.82, 2.24) is 13.7 Å². The van der Waals surface area contributed by atoms with Crippen LogP contribution in [-0.4, -0.2) is 21.8 Å². The van der Waals surface area contributed by atoms with E-state index in [1.165, 1.54) is 97.3 Å². The molecule has 0 unspecified atom stereocenters. The predicted molar refractivity (Wildman–Crippen MR) is 299 cm³/mol. The van der Waals surface area contributed by atoms with E-state index in [9.17, 15) is 0 Å². The zero-order valence-electron chi connectivity index (χ0n) is 38.3. The zero-order valence-corrected chi connectivity index (χ0v) is 39.3. The van der Waals surface area contributed by atoms with Crippen molar-refractivity contribution in [1.29, 1.82) is 0 Å². The van der Waals surface area contributed by atoms with Crippen LogP contribution in [0.4, 0.5) is 0 Å². The average Bonchev–Trinajstić information content (AvgIpc) is 4.07. The summed E-state index contributed by atoms with van der Waals surface area (Å²) < 4.78 is 7.40. The van der Waals surface area contributed by atoms with E-state index in [0.717, 1.165) is 17.1 Å². The van der Waals surface area contributed by atoms with Crippen molar-refractivity contribution in [2.24, 2.45) is 0 Å². The third-order valence-electron chi connectivity index (χ3n) is 14.8. The van der Waals surface area contributed by atoms with Gasteiger partial charge in [-0.1, -0.05) is 200 Å². The summed E-state index contributed by atoms with van der Waals surface area (Å²) >= 11 is 0. The summed E-state index contributed by atoms with van der Waals surface area (Å²) in [5.41, 5.74) is 12.9. The van der Waals surface area contributed by atoms with E-state index in [4.69, 9.17) is 0 Å². The molecule has 70 heavy (non-hydrogen) atoms. The summed E-state index contributed by atoms with van der Waals surface area (Å²) in [5, 5.41) is 12.8. The minimum atomic E-state index is -2.78. The topological polar surface area (TPSA) is 14.8 Å². The highest BCUT2D eigenvalue weighted by molar-refractivity contribution is 7.19.